The van der Waals surface area contributed by atoms with Gasteiger partial charge in [0.2, 0.25) is 0 Å². The van der Waals surface area contributed by atoms with E-state index >= 15 is 0 Å². The third kappa shape index (κ3) is 4.97. The third-order valence-corrected chi connectivity index (χ3v) is 3.29. The highest BCUT2D eigenvalue weighted by molar-refractivity contribution is 5.88. The zero-order valence-electron chi connectivity index (χ0n) is 13.2. The van der Waals surface area contributed by atoms with Gasteiger partial charge in [0.15, 0.2) is 5.78 Å². The molecule has 0 fully saturated rings. The molecule has 0 heterocycles. The molecule has 0 aliphatic heterocycles. The summed E-state index contributed by atoms with van der Waals surface area (Å²) in [5, 5.41) is 13.1. The first-order valence-electron chi connectivity index (χ1n) is 7.26. The summed E-state index contributed by atoms with van der Waals surface area (Å²) >= 11 is 0. The Morgan fingerprint density at radius 2 is 1.85 bits per heavy atom. The maximum Gasteiger partial charge on any atom is 0.155 e. The van der Waals surface area contributed by atoms with E-state index in [0.717, 1.165) is 12.0 Å². The number of ketones is 1. The number of phenols is 1. The van der Waals surface area contributed by atoms with Gasteiger partial charge in [0, 0.05) is 17.5 Å². The van der Waals surface area contributed by atoms with Crippen molar-refractivity contribution in [3.05, 3.63) is 29.8 Å². The summed E-state index contributed by atoms with van der Waals surface area (Å²) < 4.78 is 0. The zero-order chi connectivity index (χ0) is 15.3. The Hall–Kier alpha value is -1.35. The van der Waals surface area contributed by atoms with Gasteiger partial charge in [0.25, 0.3) is 0 Å². The highest BCUT2D eigenvalue weighted by atomic mass is 16.3. The van der Waals surface area contributed by atoms with Crippen molar-refractivity contribution in [3.8, 4) is 5.75 Å². The van der Waals surface area contributed by atoms with E-state index < -0.39 is 0 Å². The summed E-state index contributed by atoms with van der Waals surface area (Å²) in [6, 6.07) is 7.05. The van der Waals surface area contributed by atoms with Crippen LogP contribution in [0.5, 0.6) is 5.75 Å². The number of hydrogen-bond acceptors (Lipinski definition) is 3. The summed E-state index contributed by atoms with van der Waals surface area (Å²) in [7, 11) is 0. The van der Waals surface area contributed by atoms with Crippen molar-refractivity contribution in [3.63, 3.8) is 0 Å². The van der Waals surface area contributed by atoms with Crippen LogP contribution in [-0.2, 0) is 11.3 Å². The Balaban J connectivity index is 2.76. The first kappa shape index (κ1) is 16.7. The average molecular weight is 277 g/mol. The van der Waals surface area contributed by atoms with E-state index in [4.69, 9.17) is 0 Å². The third-order valence-electron chi connectivity index (χ3n) is 3.29. The molecule has 3 heteroatoms. The number of benzene rings is 1. The van der Waals surface area contributed by atoms with Crippen molar-refractivity contribution in [2.75, 3.05) is 0 Å². The summed E-state index contributed by atoms with van der Waals surface area (Å²) in [6.45, 7) is 10.6. The Bertz CT molecular complexity index is 447. The van der Waals surface area contributed by atoms with Crippen molar-refractivity contribution in [2.24, 2.45) is 11.3 Å². The molecule has 0 radical (unpaired) electrons. The predicted octanol–water partition coefficient (Wildman–Crippen LogP) is 3.51. The van der Waals surface area contributed by atoms with Crippen LogP contribution in [0.15, 0.2) is 24.3 Å². The van der Waals surface area contributed by atoms with Crippen LogP contribution in [0.4, 0.5) is 0 Å². The van der Waals surface area contributed by atoms with Crippen LogP contribution in [0.1, 0.15) is 46.6 Å². The largest absolute Gasteiger partial charge is 0.508 e. The van der Waals surface area contributed by atoms with Gasteiger partial charge >= 0.3 is 0 Å². The molecule has 1 aromatic rings. The van der Waals surface area contributed by atoms with E-state index in [0.29, 0.717) is 12.5 Å². The number of phenolic OH excluding ortho intramolecular Hbond substituents is 1. The summed E-state index contributed by atoms with van der Waals surface area (Å²) in [5.41, 5.74) is 0.466. The predicted molar refractivity (Wildman–Crippen MR) is 82.7 cm³/mol. The molecule has 0 unspecified atom stereocenters. The Morgan fingerprint density at radius 3 is 2.35 bits per heavy atom. The van der Waals surface area contributed by atoms with Crippen molar-refractivity contribution < 1.29 is 9.90 Å². The molecular weight excluding hydrogens is 250 g/mol. The highest BCUT2D eigenvalue weighted by Gasteiger charge is 2.29. The number of Topliss-reactive ketones (excluding diaryl/α,β-unsaturated/α-hetero) is 1. The monoisotopic (exact) mass is 277 g/mol. The minimum absolute atomic E-state index is 0.172. The quantitative estimate of drug-likeness (QED) is 0.836. The van der Waals surface area contributed by atoms with E-state index in [1.54, 1.807) is 12.1 Å². The Kier molecular flexibility index (Phi) is 5.75. The summed E-state index contributed by atoms with van der Waals surface area (Å²) in [6.07, 6.45) is 0.809. The molecule has 2 N–H and O–H groups in total. The number of carbonyl (C=O) groups excluding carboxylic acids is 1. The molecule has 0 bridgehead atoms. The van der Waals surface area contributed by atoms with Crippen LogP contribution in [0.3, 0.4) is 0 Å². The lowest BCUT2D eigenvalue weighted by Gasteiger charge is -2.27. The fourth-order valence-electron chi connectivity index (χ4n) is 2.17. The lowest BCUT2D eigenvalue weighted by Crippen LogP contribution is -2.43. The molecule has 20 heavy (non-hydrogen) atoms. The number of nitrogens with one attached hydrogen (secondary N) is 1. The highest BCUT2D eigenvalue weighted by Crippen LogP contribution is 2.21. The molecule has 0 aliphatic rings. The van der Waals surface area contributed by atoms with Gasteiger partial charge in [-0.2, -0.15) is 0 Å². The summed E-state index contributed by atoms with van der Waals surface area (Å²) in [5.74, 6) is 0.941. The number of rotatable bonds is 6. The van der Waals surface area contributed by atoms with Crippen LogP contribution in [-0.4, -0.2) is 16.9 Å². The number of carbonyl (C=O) groups is 1. The van der Waals surface area contributed by atoms with E-state index in [9.17, 15) is 9.90 Å². The smallest absolute Gasteiger partial charge is 0.155 e. The van der Waals surface area contributed by atoms with Crippen molar-refractivity contribution >= 4 is 5.78 Å². The SMILES string of the molecule is CC(C)C[C@@H](NCc1ccccc1O)C(=O)C(C)(C)C. The second-order valence-corrected chi connectivity index (χ2v) is 6.81. The second-order valence-electron chi connectivity index (χ2n) is 6.81. The minimum Gasteiger partial charge on any atom is -0.508 e. The molecule has 1 atom stereocenters. The van der Waals surface area contributed by atoms with E-state index in [1.165, 1.54) is 0 Å². The molecule has 1 aromatic carbocycles. The summed E-state index contributed by atoms with van der Waals surface area (Å²) in [4.78, 5) is 12.5. The Morgan fingerprint density at radius 1 is 1.25 bits per heavy atom. The number of hydrogen-bond donors (Lipinski definition) is 2. The first-order chi connectivity index (χ1) is 9.21. The van der Waals surface area contributed by atoms with Crippen LogP contribution in [0.2, 0.25) is 0 Å². The standard InChI is InChI=1S/C17H27NO2/c1-12(2)10-14(16(20)17(3,4)5)18-11-13-8-6-7-9-15(13)19/h6-9,12,14,18-19H,10-11H2,1-5H3/t14-/m1/s1. The van der Waals surface area contributed by atoms with Gasteiger partial charge in [-0.3, -0.25) is 4.79 Å². The molecule has 0 aliphatic carbocycles. The normalized spacial score (nSPS) is 13.5. The topological polar surface area (TPSA) is 49.3 Å². The molecule has 0 amide bonds. The van der Waals surface area contributed by atoms with Crippen LogP contribution < -0.4 is 5.32 Å². The van der Waals surface area contributed by atoms with E-state index in [-0.39, 0.29) is 23.0 Å². The van der Waals surface area contributed by atoms with Gasteiger partial charge in [-0.15, -0.1) is 0 Å². The maximum atomic E-state index is 12.5. The van der Waals surface area contributed by atoms with Gasteiger partial charge in [-0.1, -0.05) is 52.8 Å². The molecule has 1 rings (SSSR count). The molecule has 0 spiro atoms. The first-order valence-corrected chi connectivity index (χ1v) is 7.26. The lowest BCUT2D eigenvalue weighted by atomic mass is 9.83. The van der Waals surface area contributed by atoms with E-state index in [1.807, 2.05) is 32.9 Å². The van der Waals surface area contributed by atoms with E-state index in [2.05, 4.69) is 19.2 Å². The van der Waals surface area contributed by atoms with Gasteiger partial charge in [0.1, 0.15) is 5.75 Å². The second kappa shape index (κ2) is 6.89. The lowest BCUT2D eigenvalue weighted by molar-refractivity contribution is -0.128. The molecule has 3 nitrogen and oxygen atoms in total. The van der Waals surface area contributed by atoms with Gasteiger partial charge in [-0.25, -0.2) is 0 Å². The van der Waals surface area contributed by atoms with Crippen LogP contribution >= 0.6 is 0 Å². The molecular formula is C17H27NO2. The number of para-hydroxylation sites is 1. The molecule has 0 saturated heterocycles. The minimum atomic E-state index is -0.356. The fourth-order valence-corrected chi connectivity index (χ4v) is 2.17. The Labute approximate surface area is 122 Å². The van der Waals surface area contributed by atoms with Gasteiger partial charge in [-0.05, 0) is 18.4 Å². The van der Waals surface area contributed by atoms with Crippen LogP contribution in [0, 0.1) is 11.3 Å². The molecule has 0 saturated carbocycles. The maximum absolute atomic E-state index is 12.5. The fraction of sp³-hybridized carbons (Fsp3) is 0.588. The average Bonchev–Trinajstić information content (AvgIpc) is 2.33. The van der Waals surface area contributed by atoms with Gasteiger partial charge in [0.05, 0.1) is 6.04 Å². The molecule has 0 aromatic heterocycles. The van der Waals surface area contributed by atoms with Crippen molar-refractivity contribution in [1.29, 1.82) is 0 Å². The van der Waals surface area contributed by atoms with Crippen LogP contribution in [0.25, 0.3) is 0 Å². The van der Waals surface area contributed by atoms with Crippen molar-refractivity contribution in [1.82, 2.24) is 5.32 Å². The van der Waals surface area contributed by atoms with Crippen molar-refractivity contribution in [2.45, 2.75) is 53.6 Å². The number of aromatic hydroxyl groups is 1. The zero-order valence-corrected chi connectivity index (χ0v) is 13.2. The molecule has 112 valence electrons. The van der Waals surface area contributed by atoms with Gasteiger partial charge < -0.3 is 10.4 Å².